The lowest BCUT2D eigenvalue weighted by atomic mass is 10.0. The van der Waals surface area contributed by atoms with Gasteiger partial charge >= 0.3 is 0 Å². The molecule has 18 heavy (non-hydrogen) atoms. The first-order valence-corrected chi connectivity index (χ1v) is 5.97. The van der Waals surface area contributed by atoms with Crippen LogP contribution in [0.1, 0.15) is 5.56 Å². The minimum Gasteiger partial charge on any atom is -0.383 e. The highest BCUT2D eigenvalue weighted by Crippen LogP contribution is 2.38. The first-order chi connectivity index (χ1) is 8.54. The third kappa shape index (κ3) is 2.23. The summed E-state index contributed by atoms with van der Waals surface area (Å²) in [6.45, 7) is 0. The standard InChI is InChI=1S/C12H6Cl3N3/c13-8-4-10(15)9(14)3-7(8)11-6(5-16)1-2-18-12(11)17/h1-4H,(H2,17,18). The minimum absolute atomic E-state index is 0.217. The first-order valence-electron chi connectivity index (χ1n) is 4.84. The Morgan fingerprint density at radius 1 is 1.11 bits per heavy atom. The number of nitrogen functional groups attached to an aromatic ring is 1. The molecule has 2 N–H and O–H groups in total. The molecular weight excluding hydrogens is 293 g/mol. The predicted octanol–water partition coefficient (Wildman–Crippen LogP) is 4.16. The SMILES string of the molecule is N#Cc1ccnc(N)c1-c1cc(Cl)c(Cl)cc1Cl. The third-order valence-electron chi connectivity index (χ3n) is 2.38. The van der Waals surface area contributed by atoms with Gasteiger partial charge in [0.25, 0.3) is 0 Å². The highest BCUT2D eigenvalue weighted by Gasteiger charge is 2.15. The van der Waals surface area contributed by atoms with E-state index in [9.17, 15) is 0 Å². The average Bonchev–Trinajstić information content (AvgIpc) is 2.34. The lowest BCUT2D eigenvalue weighted by Gasteiger charge is -2.10. The lowest BCUT2D eigenvalue weighted by molar-refractivity contribution is 1.32. The number of hydrogen-bond acceptors (Lipinski definition) is 3. The van der Waals surface area contributed by atoms with Crippen LogP contribution in [0.3, 0.4) is 0 Å². The van der Waals surface area contributed by atoms with Crippen molar-refractivity contribution in [2.75, 3.05) is 5.73 Å². The fourth-order valence-electron chi connectivity index (χ4n) is 1.57. The largest absolute Gasteiger partial charge is 0.383 e. The molecule has 0 amide bonds. The summed E-state index contributed by atoms with van der Waals surface area (Å²) in [5, 5.41) is 10.1. The van der Waals surface area contributed by atoms with Gasteiger partial charge in [0.2, 0.25) is 0 Å². The number of hydrogen-bond donors (Lipinski definition) is 1. The van der Waals surface area contributed by atoms with E-state index < -0.39 is 0 Å². The molecule has 0 saturated heterocycles. The van der Waals surface area contributed by atoms with Gasteiger partial charge in [0.05, 0.1) is 26.7 Å². The van der Waals surface area contributed by atoms with Gasteiger partial charge < -0.3 is 5.73 Å². The third-order valence-corrected chi connectivity index (χ3v) is 3.41. The molecule has 6 heteroatoms. The molecule has 2 rings (SSSR count). The normalized spacial score (nSPS) is 10.1. The van der Waals surface area contributed by atoms with Crippen molar-refractivity contribution in [1.29, 1.82) is 5.26 Å². The number of rotatable bonds is 1. The zero-order valence-corrected chi connectivity index (χ0v) is 11.2. The molecule has 0 bridgehead atoms. The van der Waals surface area contributed by atoms with Gasteiger partial charge in [-0.2, -0.15) is 5.26 Å². The second-order valence-corrected chi connectivity index (χ2v) is 4.70. The van der Waals surface area contributed by atoms with Crippen LogP contribution < -0.4 is 5.73 Å². The van der Waals surface area contributed by atoms with Crippen molar-refractivity contribution >= 4 is 40.6 Å². The monoisotopic (exact) mass is 297 g/mol. The number of anilines is 1. The summed E-state index contributed by atoms with van der Waals surface area (Å²) in [6, 6.07) is 6.68. The van der Waals surface area contributed by atoms with Gasteiger partial charge in [-0.25, -0.2) is 4.98 Å². The van der Waals surface area contributed by atoms with Gasteiger partial charge in [-0.3, -0.25) is 0 Å². The zero-order chi connectivity index (χ0) is 13.3. The molecule has 0 aliphatic carbocycles. The average molecular weight is 299 g/mol. The number of halogens is 3. The van der Waals surface area contributed by atoms with E-state index in [1.807, 2.05) is 6.07 Å². The molecular formula is C12H6Cl3N3. The lowest BCUT2D eigenvalue weighted by Crippen LogP contribution is -1.97. The van der Waals surface area contributed by atoms with Gasteiger partial charge in [0.15, 0.2) is 0 Å². The molecule has 0 aliphatic rings. The summed E-state index contributed by atoms with van der Waals surface area (Å²) < 4.78 is 0. The van der Waals surface area contributed by atoms with Gasteiger partial charge in [-0.05, 0) is 18.2 Å². The van der Waals surface area contributed by atoms with Crippen LogP contribution in [0, 0.1) is 11.3 Å². The molecule has 0 aliphatic heterocycles. The van der Waals surface area contributed by atoms with Crippen molar-refractivity contribution < 1.29 is 0 Å². The number of nitriles is 1. The second-order valence-electron chi connectivity index (χ2n) is 3.48. The number of pyridine rings is 1. The Morgan fingerprint density at radius 2 is 1.78 bits per heavy atom. The summed E-state index contributed by atoms with van der Waals surface area (Å²) in [4.78, 5) is 3.95. The van der Waals surface area contributed by atoms with E-state index in [1.54, 1.807) is 12.1 Å². The predicted molar refractivity (Wildman–Crippen MR) is 73.8 cm³/mol. The zero-order valence-electron chi connectivity index (χ0n) is 8.92. The Labute approximate surface area is 119 Å². The number of aromatic nitrogens is 1. The van der Waals surface area contributed by atoms with Crippen LogP contribution in [0.4, 0.5) is 5.82 Å². The Hall–Kier alpha value is -1.47. The summed E-state index contributed by atoms with van der Waals surface area (Å²) in [5.74, 6) is 0.217. The highest BCUT2D eigenvalue weighted by atomic mass is 35.5. The van der Waals surface area contributed by atoms with Crippen LogP contribution in [0.2, 0.25) is 15.1 Å². The van der Waals surface area contributed by atoms with Crippen molar-refractivity contribution in [3.8, 4) is 17.2 Å². The maximum atomic E-state index is 9.08. The van der Waals surface area contributed by atoms with E-state index in [2.05, 4.69) is 4.98 Å². The van der Waals surface area contributed by atoms with E-state index >= 15 is 0 Å². The van der Waals surface area contributed by atoms with Gasteiger partial charge in [0, 0.05) is 17.3 Å². The van der Waals surface area contributed by atoms with Crippen LogP contribution in [0.15, 0.2) is 24.4 Å². The minimum atomic E-state index is 0.217. The maximum Gasteiger partial charge on any atom is 0.132 e. The van der Waals surface area contributed by atoms with Crippen LogP contribution >= 0.6 is 34.8 Å². The summed E-state index contributed by atoms with van der Waals surface area (Å²) in [5.41, 5.74) is 7.16. The Balaban J connectivity index is 2.78. The highest BCUT2D eigenvalue weighted by molar-refractivity contribution is 6.44. The molecule has 0 spiro atoms. The number of nitrogens with two attached hydrogens (primary N) is 1. The maximum absolute atomic E-state index is 9.08. The van der Waals surface area contributed by atoms with Crippen LogP contribution in [-0.4, -0.2) is 4.98 Å². The van der Waals surface area contributed by atoms with E-state index in [1.165, 1.54) is 12.3 Å². The molecule has 0 fully saturated rings. The molecule has 2 aromatic rings. The van der Waals surface area contributed by atoms with Crippen molar-refractivity contribution in [2.45, 2.75) is 0 Å². The molecule has 0 atom stereocenters. The summed E-state index contributed by atoms with van der Waals surface area (Å²) in [7, 11) is 0. The topological polar surface area (TPSA) is 62.7 Å². The van der Waals surface area contributed by atoms with E-state index in [0.29, 0.717) is 31.8 Å². The molecule has 0 unspecified atom stereocenters. The van der Waals surface area contributed by atoms with Crippen molar-refractivity contribution in [2.24, 2.45) is 0 Å². The summed E-state index contributed by atoms with van der Waals surface area (Å²) >= 11 is 17.9. The Bertz CT molecular complexity index is 662. The van der Waals surface area contributed by atoms with Gasteiger partial charge in [-0.1, -0.05) is 34.8 Å². The molecule has 1 aromatic carbocycles. The Kier molecular flexibility index (Phi) is 3.63. The molecule has 90 valence electrons. The second kappa shape index (κ2) is 5.03. The number of benzene rings is 1. The fraction of sp³-hybridized carbons (Fsp3) is 0. The van der Waals surface area contributed by atoms with Crippen LogP contribution in [-0.2, 0) is 0 Å². The van der Waals surface area contributed by atoms with E-state index in [0.717, 1.165) is 0 Å². The van der Waals surface area contributed by atoms with E-state index in [4.69, 9.17) is 45.8 Å². The Morgan fingerprint density at radius 3 is 2.44 bits per heavy atom. The van der Waals surface area contributed by atoms with Crippen molar-refractivity contribution in [3.63, 3.8) is 0 Å². The smallest absolute Gasteiger partial charge is 0.132 e. The molecule has 1 aromatic heterocycles. The molecule has 3 nitrogen and oxygen atoms in total. The van der Waals surface area contributed by atoms with E-state index in [-0.39, 0.29) is 5.82 Å². The van der Waals surface area contributed by atoms with Gasteiger partial charge in [-0.15, -0.1) is 0 Å². The molecule has 1 heterocycles. The van der Waals surface area contributed by atoms with Gasteiger partial charge in [0.1, 0.15) is 5.82 Å². The van der Waals surface area contributed by atoms with Crippen molar-refractivity contribution in [3.05, 3.63) is 45.0 Å². The van der Waals surface area contributed by atoms with Crippen molar-refractivity contribution in [1.82, 2.24) is 4.98 Å². The summed E-state index contributed by atoms with van der Waals surface area (Å²) in [6.07, 6.45) is 1.46. The molecule has 0 radical (unpaired) electrons. The fourth-order valence-corrected chi connectivity index (χ4v) is 2.21. The number of nitrogens with zero attached hydrogens (tertiary/aromatic N) is 2. The quantitative estimate of drug-likeness (QED) is 0.804. The molecule has 0 saturated carbocycles. The first kappa shape index (κ1) is 13.0. The van der Waals surface area contributed by atoms with Crippen LogP contribution in [0.5, 0.6) is 0 Å². The van der Waals surface area contributed by atoms with Crippen LogP contribution in [0.25, 0.3) is 11.1 Å².